The Morgan fingerprint density at radius 3 is 2.37 bits per heavy atom. The van der Waals surface area contributed by atoms with Crippen molar-refractivity contribution < 1.29 is 19.2 Å². The van der Waals surface area contributed by atoms with Gasteiger partial charge in [-0.2, -0.15) is 0 Å². The van der Waals surface area contributed by atoms with E-state index in [2.05, 4.69) is 15.0 Å². The number of carboxylic acid groups (broad SMARTS) is 1. The Bertz CT molecular complexity index is 617. The third-order valence-corrected chi connectivity index (χ3v) is 2.79. The summed E-state index contributed by atoms with van der Waals surface area (Å²) in [5.74, 6) is -1.74. The van der Waals surface area contributed by atoms with Gasteiger partial charge in [0.05, 0.1) is 21.3 Å². The van der Waals surface area contributed by atoms with Crippen LogP contribution in [0.5, 0.6) is 0 Å². The number of anilines is 1. The molecular weight excluding hydrogens is 295 g/mol. The van der Waals surface area contributed by atoms with Crippen LogP contribution in [0.4, 0.5) is 5.69 Å². The maximum atomic E-state index is 11.7. The van der Waals surface area contributed by atoms with E-state index in [-0.39, 0.29) is 27.0 Å². The molecule has 0 unspecified atom stereocenters. The number of carbonyl (C=O) groups is 2. The molecule has 19 heavy (non-hydrogen) atoms. The van der Waals surface area contributed by atoms with E-state index < -0.39 is 11.9 Å². The number of carboxylic acids is 1. The molecule has 98 valence electrons. The number of carbonyl (C=O) groups excluding carboxylic acids is 1. The number of nitrogens with zero attached hydrogens (tertiary/aromatic N) is 1. The first-order valence-electron chi connectivity index (χ1n) is 4.93. The molecule has 0 aliphatic rings. The van der Waals surface area contributed by atoms with Gasteiger partial charge in [0.2, 0.25) is 0 Å². The maximum Gasteiger partial charge on any atom is 0.335 e. The first-order chi connectivity index (χ1) is 8.99. The van der Waals surface area contributed by atoms with Crippen LogP contribution in [-0.4, -0.2) is 22.1 Å². The van der Waals surface area contributed by atoms with E-state index in [9.17, 15) is 9.59 Å². The summed E-state index contributed by atoms with van der Waals surface area (Å²) in [5, 5.41) is 14.7. The van der Waals surface area contributed by atoms with Crippen molar-refractivity contribution in [2.24, 2.45) is 0 Å². The lowest BCUT2D eigenvalue weighted by Gasteiger charge is -2.09. The predicted molar refractivity (Wildman–Crippen MR) is 67.9 cm³/mol. The fourth-order valence-electron chi connectivity index (χ4n) is 1.32. The number of hydrogen-bond donors (Lipinski definition) is 2. The molecule has 8 heteroatoms. The molecule has 0 aliphatic carbocycles. The fourth-order valence-corrected chi connectivity index (χ4v) is 1.90. The summed E-state index contributed by atoms with van der Waals surface area (Å²) in [7, 11) is 0. The van der Waals surface area contributed by atoms with Gasteiger partial charge in [-0.3, -0.25) is 4.79 Å². The number of halogens is 2. The van der Waals surface area contributed by atoms with Crippen LogP contribution in [0.2, 0.25) is 10.0 Å². The number of rotatable bonds is 3. The van der Waals surface area contributed by atoms with E-state index in [4.69, 9.17) is 28.3 Å². The molecule has 2 N–H and O–H groups in total. The molecule has 1 aromatic heterocycles. The summed E-state index contributed by atoms with van der Waals surface area (Å²) in [6.45, 7) is 0. The molecule has 0 spiro atoms. The van der Waals surface area contributed by atoms with E-state index in [1.807, 2.05) is 0 Å². The third-order valence-electron chi connectivity index (χ3n) is 2.20. The molecule has 2 aromatic rings. The van der Waals surface area contributed by atoms with Gasteiger partial charge in [0.1, 0.15) is 6.26 Å². The van der Waals surface area contributed by atoms with Gasteiger partial charge in [0.25, 0.3) is 5.91 Å². The van der Waals surface area contributed by atoms with Crippen LogP contribution in [0, 0.1) is 0 Å². The Morgan fingerprint density at radius 1 is 1.26 bits per heavy atom. The summed E-state index contributed by atoms with van der Waals surface area (Å²) in [6.07, 6.45) is 1.24. The highest BCUT2D eigenvalue weighted by molar-refractivity contribution is 6.40. The second-order valence-electron chi connectivity index (χ2n) is 3.46. The Hall–Kier alpha value is -2.05. The fraction of sp³-hybridized carbons (Fsp3) is 0. The SMILES string of the molecule is O=C(O)c1cc(Cl)c(NC(=O)c2ccon2)c(Cl)c1. The van der Waals surface area contributed by atoms with E-state index >= 15 is 0 Å². The Kier molecular flexibility index (Phi) is 3.73. The van der Waals surface area contributed by atoms with Crippen molar-refractivity contribution in [1.29, 1.82) is 0 Å². The Balaban J connectivity index is 2.31. The summed E-state index contributed by atoms with van der Waals surface area (Å²) in [4.78, 5) is 22.5. The lowest BCUT2D eigenvalue weighted by molar-refractivity contribution is 0.0696. The molecule has 0 fully saturated rings. The van der Waals surface area contributed by atoms with Gasteiger partial charge in [-0.25, -0.2) is 4.79 Å². The second-order valence-corrected chi connectivity index (χ2v) is 4.27. The number of amides is 1. The van der Waals surface area contributed by atoms with Crippen molar-refractivity contribution in [3.05, 3.63) is 45.8 Å². The van der Waals surface area contributed by atoms with Gasteiger partial charge >= 0.3 is 5.97 Å². The first kappa shape index (κ1) is 13.4. The molecule has 1 amide bonds. The monoisotopic (exact) mass is 300 g/mol. The smallest absolute Gasteiger partial charge is 0.335 e. The van der Waals surface area contributed by atoms with Crippen molar-refractivity contribution >= 4 is 40.8 Å². The Morgan fingerprint density at radius 2 is 1.89 bits per heavy atom. The first-order valence-corrected chi connectivity index (χ1v) is 5.68. The molecule has 1 aromatic carbocycles. The van der Waals surface area contributed by atoms with E-state index in [1.165, 1.54) is 24.5 Å². The van der Waals surface area contributed by atoms with Gasteiger partial charge < -0.3 is 14.9 Å². The van der Waals surface area contributed by atoms with E-state index in [0.717, 1.165) is 0 Å². The zero-order valence-corrected chi connectivity index (χ0v) is 10.7. The number of aromatic nitrogens is 1. The van der Waals surface area contributed by atoms with Crippen LogP contribution in [0.3, 0.4) is 0 Å². The minimum Gasteiger partial charge on any atom is -0.478 e. The van der Waals surface area contributed by atoms with Crippen molar-refractivity contribution in [3.63, 3.8) is 0 Å². The maximum absolute atomic E-state index is 11.7. The number of hydrogen-bond acceptors (Lipinski definition) is 4. The molecule has 6 nitrogen and oxygen atoms in total. The van der Waals surface area contributed by atoms with Gasteiger partial charge in [0, 0.05) is 6.07 Å². The van der Waals surface area contributed by atoms with Gasteiger partial charge in [0.15, 0.2) is 5.69 Å². The van der Waals surface area contributed by atoms with E-state index in [1.54, 1.807) is 0 Å². The largest absolute Gasteiger partial charge is 0.478 e. The molecule has 0 bridgehead atoms. The molecule has 2 rings (SSSR count). The third kappa shape index (κ3) is 2.86. The zero-order valence-electron chi connectivity index (χ0n) is 9.18. The molecular formula is C11H6Cl2N2O4. The zero-order chi connectivity index (χ0) is 14.0. The summed E-state index contributed by atoms with van der Waals surface area (Å²) in [5.41, 5.74) is 0.0882. The topological polar surface area (TPSA) is 92.4 Å². The number of aromatic carboxylic acids is 1. The quantitative estimate of drug-likeness (QED) is 0.909. The lowest BCUT2D eigenvalue weighted by atomic mass is 10.2. The molecule has 0 atom stereocenters. The molecule has 0 saturated carbocycles. The highest BCUT2D eigenvalue weighted by Gasteiger charge is 2.16. The van der Waals surface area contributed by atoms with E-state index in [0.29, 0.717) is 0 Å². The molecule has 0 aliphatic heterocycles. The average molecular weight is 301 g/mol. The Labute approximate surface area is 116 Å². The summed E-state index contributed by atoms with van der Waals surface area (Å²) < 4.78 is 4.53. The normalized spacial score (nSPS) is 10.2. The standard InChI is InChI=1S/C11H6Cl2N2O4/c12-6-3-5(11(17)18)4-7(13)9(6)14-10(16)8-1-2-19-15-8/h1-4H,(H,14,16)(H,17,18). The van der Waals surface area contributed by atoms with Crippen LogP contribution in [0.15, 0.2) is 29.0 Å². The molecule has 0 saturated heterocycles. The number of benzene rings is 1. The van der Waals surface area contributed by atoms with Crippen molar-refractivity contribution in [3.8, 4) is 0 Å². The van der Waals surface area contributed by atoms with Crippen molar-refractivity contribution in [2.75, 3.05) is 5.32 Å². The summed E-state index contributed by atoms with van der Waals surface area (Å²) >= 11 is 11.8. The van der Waals surface area contributed by atoms with Crippen molar-refractivity contribution in [1.82, 2.24) is 5.16 Å². The minimum absolute atomic E-state index is 0.0155. The van der Waals surface area contributed by atoms with Crippen molar-refractivity contribution in [2.45, 2.75) is 0 Å². The predicted octanol–water partition coefficient (Wildman–Crippen LogP) is 2.93. The van der Waals surface area contributed by atoms with Crippen LogP contribution in [0.1, 0.15) is 20.8 Å². The average Bonchev–Trinajstić information content (AvgIpc) is 2.86. The second kappa shape index (κ2) is 5.29. The molecule has 0 radical (unpaired) electrons. The summed E-state index contributed by atoms with van der Waals surface area (Å²) in [6, 6.07) is 3.74. The van der Waals surface area contributed by atoms with Gasteiger partial charge in [-0.15, -0.1) is 0 Å². The number of nitrogens with one attached hydrogen (secondary N) is 1. The van der Waals surface area contributed by atoms with Crippen LogP contribution in [-0.2, 0) is 0 Å². The molecule has 1 heterocycles. The highest BCUT2D eigenvalue weighted by Crippen LogP contribution is 2.32. The van der Waals surface area contributed by atoms with Crippen LogP contribution < -0.4 is 5.32 Å². The minimum atomic E-state index is -1.17. The highest BCUT2D eigenvalue weighted by atomic mass is 35.5. The lowest BCUT2D eigenvalue weighted by Crippen LogP contribution is -2.13. The van der Waals surface area contributed by atoms with Gasteiger partial charge in [-0.05, 0) is 12.1 Å². The van der Waals surface area contributed by atoms with Gasteiger partial charge in [-0.1, -0.05) is 28.4 Å². The van der Waals surface area contributed by atoms with Crippen LogP contribution in [0.25, 0.3) is 0 Å². The van der Waals surface area contributed by atoms with Crippen LogP contribution >= 0.6 is 23.2 Å².